The van der Waals surface area contributed by atoms with E-state index in [4.69, 9.17) is 4.74 Å². The fraction of sp³-hybridized carbons (Fsp3) is 0.667. The van der Waals surface area contributed by atoms with Gasteiger partial charge in [0.1, 0.15) is 0 Å². The number of amides is 1. The molecule has 0 aliphatic carbocycles. The van der Waals surface area contributed by atoms with Gasteiger partial charge in [0.15, 0.2) is 0 Å². The first-order valence-corrected chi connectivity index (χ1v) is 8.59. The molecule has 23 heavy (non-hydrogen) atoms. The number of hydrogen-bond donors (Lipinski definition) is 1. The van der Waals surface area contributed by atoms with Crippen molar-refractivity contribution in [1.82, 2.24) is 9.88 Å². The van der Waals surface area contributed by atoms with Crippen molar-refractivity contribution in [2.24, 2.45) is 11.8 Å². The third kappa shape index (κ3) is 3.72. The molecule has 2 aliphatic rings. The maximum Gasteiger partial charge on any atom is 0.230 e. The topological polar surface area (TPSA) is 54.5 Å². The summed E-state index contributed by atoms with van der Waals surface area (Å²) in [4.78, 5) is 19.4. The number of aromatic nitrogens is 1. The number of likely N-dealkylation sites (tertiary alicyclic amines) is 1. The van der Waals surface area contributed by atoms with Gasteiger partial charge < -0.3 is 15.0 Å². The van der Waals surface area contributed by atoms with Crippen LogP contribution in [0.2, 0.25) is 0 Å². The summed E-state index contributed by atoms with van der Waals surface area (Å²) in [5, 5.41) is 3.10. The number of carbonyl (C=O) groups is 1. The van der Waals surface area contributed by atoms with Gasteiger partial charge in [-0.1, -0.05) is 0 Å². The van der Waals surface area contributed by atoms with Gasteiger partial charge >= 0.3 is 0 Å². The van der Waals surface area contributed by atoms with Crippen molar-refractivity contribution >= 4 is 11.6 Å². The van der Waals surface area contributed by atoms with Crippen LogP contribution in [0, 0.1) is 25.7 Å². The van der Waals surface area contributed by atoms with E-state index in [0.29, 0.717) is 12.5 Å². The molecule has 1 amide bonds. The third-order valence-electron chi connectivity index (χ3n) is 5.20. The normalized spacial score (nSPS) is 26.4. The zero-order valence-electron chi connectivity index (χ0n) is 14.3. The van der Waals surface area contributed by atoms with E-state index in [-0.39, 0.29) is 17.9 Å². The largest absolute Gasteiger partial charge is 0.377 e. The van der Waals surface area contributed by atoms with Crippen LogP contribution in [0.15, 0.2) is 12.3 Å². The molecule has 0 unspecified atom stereocenters. The second-order valence-electron chi connectivity index (χ2n) is 7.00. The molecule has 5 heteroatoms. The van der Waals surface area contributed by atoms with Crippen LogP contribution in [-0.2, 0) is 9.53 Å². The molecule has 3 rings (SSSR count). The predicted octanol–water partition coefficient (Wildman–Crippen LogP) is 2.38. The van der Waals surface area contributed by atoms with Crippen LogP contribution < -0.4 is 5.32 Å². The highest BCUT2D eigenvalue weighted by molar-refractivity contribution is 5.93. The maximum atomic E-state index is 12.8. The summed E-state index contributed by atoms with van der Waals surface area (Å²) < 4.78 is 5.96. The molecule has 2 aliphatic heterocycles. The van der Waals surface area contributed by atoms with E-state index >= 15 is 0 Å². The van der Waals surface area contributed by atoms with Crippen LogP contribution in [0.25, 0.3) is 0 Å². The number of ether oxygens (including phenoxy) is 1. The lowest BCUT2D eigenvalue weighted by Gasteiger charge is -2.34. The van der Waals surface area contributed by atoms with E-state index in [1.807, 2.05) is 26.1 Å². The Balaban J connectivity index is 1.67. The molecule has 2 atom stereocenters. The SMILES string of the molecule is Cc1cc(NC(=O)[C@H]2CCO[C@@H]2C2CCN(C)CC2)c(C)cn1. The molecule has 2 fully saturated rings. The number of rotatable bonds is 3. The first-order valence-electron chi connectivity index (χ1n) is 8.59. The number of anilines is 1. The molecule has 1 aromatic rings. The van der Waals surface area contributed by atoms with Crippen molar-refractivity contribution in [1.29, 1.82) is 0 Å². The van der Waals surface area contributed by atoms with Crippen molar-refractivity contribution in [3.8, 4) is 0 Å². The predicted molar refractivity (Wildman–Crippen MR) is 90.4 cm³/mol. The number of piperidine rings is 1. The highest BCUT2D eigenvalue weighted by Crippen LogP contribution is 2.33. The highest BCUT2D eigenvalue weighted by atomic mass is 16.5. The average molecular weight is 317 g/mol. The van der Waals surface area contributed by atoms with Crippen LogP contribution in [0.5, 0.6) is 0 Å². The molecule has 1 N–H and O–H groups in total. The molecule has 0 spiro atoms. The summed E-state index contributed by atoms with van der Waals surface area (Å²) in [7, 11) is 2.16. The molecule has 2 saturated heterocycles. The molecular formula is C18H27N3O2. The second kappa shape index (κ2) is 6.97. The Kier molecular flexibility index (Phi) is 4.97. The molecule has 126 valence electrons. The number of pyridine rings is 1. The van der Waals surface area contributed by atoms with Crippen LogP contribution in [0.1, 0.15) is 30.5 Å². The first kappa shape index (κ1) is 16.4. The Labute approximate surface area is 138 Å². The number of nitrogens with zero attached hydrogens (tertiary/aromatic N) is 2. The summed E-state index contributed by atoms with van der Waals surface area (Å²) >= 11 is 0. The van der Waals surface area contributed by atoms with E-state index < -0.39 is 0 Å². The maximum absolute atomic E-state index is 12.8. The fourth-order valence-electron chi connectivity index (χ4n) is 3.70. The van der Waals surface area contributed by atoms with Crippen molar-refractivity contribution in [2.45, 2.75) is 39.2 Å². The van der Waals surface area contributed by atoms with Gasteiger partial charge in [0, 0.05) is 24.2 Å². The zero-order chi connectivity index (χ0) is 16.4. The quantitative estimate of drug-likeness (QED) is 0.930. The summed E-state index contributed by atoms with van der Waals surface area (Å²) in [6.07, 6.45) is 4.96. The van der Waals surface area contributed by atoms with Crippen molar-refractivity contribution in [2.75, 3.05) is 32.1 Å². The minimum atomic E-state index is -0.0312. The molecule has 0 radical (unpaired) electrons. The van der Waals surface area contributed by atoms with Gasteiger partial charge in [0.25, 0.3) is 0 Å². The lowest BCUT2D eigenvalue weighted by Crippen LogP contribution is -2.40. The first-order chi connectivity index (χ1) is 11.0. The summed E-state index contributed by atoms with van der Waals surface area (Å²) in [5.74, 6) is 0.570. The van der Waals surface area contributed by atoms with Crippen LogP contribution in [0.3, 0.4) is 0 Å². The van der Waals surface area contributed by atoms with E-state index in [1.54, 1.807) is 0 Å². The smallest absolute Gasteiger partial charge is 0.230 e. The van der Waals surface area contributed by atoms with Crippen molar-refractivity contribution < 1.29 is 9.53 Å². The summed E-state index contributed by atoms with van der Waals surface area (Å²) in [6.45, 7) is 6.81. The number of hydrogen-bond acceptors (Lipinski definition) is 4. The van der Waals surface area contributed by atoms with Crippen LogP contribution in [-0.4, -0.2) is 48.6 Å². The molecule has 0 saturated carbocycles. The van der Waals surface area contributed by atoms with E-state index in [9.17, 15) is 4.79 Å². The summed E-state index contributed by atoms with van der Waals surface area (Å²) in [5.41, 5.74) is 2.79. The monoisotopic (exact) mass is 317 g/mol. The molecular weight excluding hydrogens is 290 g/mol. The molecule has 0 bridgehead atoms. The molecule has 3 heterocycles. The lowest BCUT2D eigenvalue weighted by atomic mass is 9.84. The molecule has 5 nitrogen and oxygen atoms in total. The number of aryl methyl sites for hydroxylation is 2. The van der Waals surface area contributed by atoms with Gasteiger partial charge in [-0.3, -0.25) is 9.78 Å². The van der Waals surface area contributed by atoms with Crippen LogP contribution in [0.4, 0.5) is 5.69 Å². The van der Waals surface area contributed by atoms with Crippen molar-refractivity contribution in [3.63, 3.8) is 0 Å². The molecule has 0 aromatic carbocycles. The Bertz CT molecular complexity index is 567. The fourth-order valence-corrected chi connectivity index (χ4v) is 3.70. The zero-order valence-corrected chi connectivity index (χ0v) is 14.3. The van der Waals surface area contributed by atoms with Crippen molar-refractivity contribution in [3.05, 3.63) is 23.5 Å². The Hall–Kier alpha value is -1.46. The van der Waals surface area contributed by atoms with Crippen LogP contribution >= 0.6 is 0 Å². The highest BCUT2D eigenvalue weighted by Gasteiger charge is 2.40. The standard InChI is InChI=1S/C18H27N3O2/c1-12-11-19-13(2)10-16(12)20-18(22)15-6-9-23-17(15)14-4-7-21(3)8-5-14/h10-11,14-15,17H,4-9H2,1-3H3,(H,19,20,22)/t15-,17+/m0/s1. The van der Waals surface area contributed by atoms with Gasteiger partial charge in [-0.05, 0) is 70.8 Å². The average Bonchev–Trinajstić information content (AvgIpc) is 3.01. The summed E-state index contributed by atoms with van der Waals surface area (Å²) in [6, 6.07) is 1.94. The Morgan fingerprint density at radius 1 is 1.30 bits per heavy atom. The van der Waals surface area contributed by atoms with E-state index in [1.165, 1.54) is 0 Å². The Morgan fingerprint density at radius 3 is 2.78 bits per heavy atom. The Morgan fingerprint density at radius 2 is 2.04 bits per heavy atom. The van der Waals surface area contributed by atoms with E-state index in [0.717, 1.165) is 49.3 Å². The van der Waals surface area contributed by atoms with Gasteiger partial charge in [0.2, 0.25) is 5.91 Å². The van der Waals surface area contributed by atoms with E-state index in [2.05, 4.69) is 22.2 Å². The van der Waals surface area contributed by atoms with Gasteiger partial charge in [-0.2, -0.15) is 0 Å². The van der Waals surface area contributed by atoms with Gasteiger partial charge in [-0.15, -0.1) is 0 Å². The lowest BCUT2D eigenvalue weighted by molar-refractivity contribution is -0.122. The number of carbonyl (C=O) groups excluding carboxylic acids is 1. The van der Waals surface area contributed by atoms with Gasteiger partial charge in [0.05, 0.1) is 12.0 Å². The minimum Gasteiger partial charge on any atom is -0.377 e. The number of nitrogens with one attached hydrogen (secondary N) is 1. The third-order valence-corrected chi connectivity index (χ3v) is 5.20. The molecule has 1 aromatic heterocycles. The second-order valence-corrected chi connectivity index (χ2v) is 7.00. The van der Waals surface area contributed by atoms with Gasteiger partial charge in [-0.25, -0.2) is 0 Å². The minimum absolute atomic E-state index is 0.0312.